The van der Waals surface area contributed by atoms with Gasteiger partial charge in [0.05, 0.1) is 0 Å². The van der Waals surface area contributed by atoms with Crippen LogP contribution >= 0.6 is 0 Å². The summed E-state index contributed by atoms with van der Waals surface area (Å²) in [5.41, 5.74) is 3.38. The molecule has 0 bridgehead atoms. The Kier molecular flexibility index (Phi) is 3.96. The van der Waals surface area contributed by atoms with Crippen molar-refractivity contribution in [2.24, 2.45) is 23.1 Å². The van der Waals surface area contributed by atoms with Crippen LogP contribution in [0.2, 0.25) is 0 Å². The van der Waals surface area contributed by atoms with Gasteiger partial charge in [-0.1, -0.05) is 20.8 Å². The molecule has 1 rings (SSSR count). The summed E-state index contributed by atoms with van der Waals surface area (Å²) in [5.74, 6) is 7.17. The van der Waals surface area contributed by atoms with Gasteiger partial charge in [-0.15, -0.1) is 0 Å². The van der Waals surface area contributed by atoms with Gasteiger partial charge in [-0.2, -0.15) is 0 Å². The quantitative estimate of drug-likeness (QED) is 0.529. The molecule has 84 valence electrons. The van der Waals surface area contributed by atoms with Crippen molar-refractivity contribution in [1.82, 2.24) is 5.43 Å². The Balaban J connectivity index is 2.39. The molecule has 0 aliphatic heterocycles. The first kappa shape index (κ1) is 12.0. The van der Waals surface area contributed by atoms with E-state index in [1.807, 2.05) is 0 Å². The van der Waals surface area contributed by atoms with Crippen molar-refractivity contribution in [3.63, 3.8) is 0 Å². The molecule has 0 aromatic carbocycles. The molecule has 0 aromatic heterocycles. The summed E-state index contributed by atoms with van der Waals surface area (Å²) in [7, 11) is 0. The van der Waals surface area contributed by atoms with Crippen molar-refractivity contribution in [3.05, 3.63) is 0 Å². The fourth-order valence-electron chi connectivity index (χ4n) is 2.62. The smallest absolute Gasteiger partial charge is 0.0210 e. The minimum absolute atomic E-state index is 0.482. The lowest BCUT2D eigenvalue weighted by atomic mass is 9.69. The molecule has 1 aliphatic carbocycles. The largest absolute Gasteiger partial charge is 0.271 e. The average Bonchev–Trinajstić information content (AvgIpc) is 2.15. The van der Waals surface area contributed by atoms with Crippen molar-refractivity contribution >= 4 is 0 Å². The molecule has 2 nitrogen and oxygen atoms in total. The Labute approximate surface area is 88.6 Å². The molecule has 1 unspecified atom stereocenters. The first-order valence-electron chi connectivity index (χ1n) is 5.91. The molecule has 0 saturated heterocycles. The number of hydrazine groups is 1. The lowest BCUT2D eigenvalue weighted by molar-refractivity contribution is 0.136. The fraction of sp³-hybridized carbons (Fsp3) is 1.00. The normalized spacial score (nSPS) is 31.5. The summed E-state index contributed by atoms with van der Waals surface area (Å²) in [5, 5.41) is 0. The standard InChI is InChI=1S/C12H26N2/c1-9(14-13)10-5-7-11(8-6-10)12(2,3)4/h9-11,14H,5-8,13H2,1-4H3. The third-order valence-corrected chi connectivity index (χ3v) is 3.97. The Morgan fingerprint density at radius 3 is 2.00 bits per heavy atom. The predicted molar refractivity (Wildman–Crippen MR) is 61.7 cm³/mol. The zero-order valence-electron chi connectivity index (χ0n) is 10.1. The molecule has 0 spiro atoms. The van der Waals surface area contributed by atoms with E-state index in [1.165, 1.54) is 25.7 Å². The van der Waals surface area contributed by atoms with Crippen LogP contribution in [0.15, 0.2) is 0 Å². The van der Waals surface area contributed by atoms with Gasteiger partial charge in [-0.3, -0.25) is 11.3 Å². The van der Waals surface area contributed by atoms with Gasteiger partial charge in [0, 0.05) is 6.04 Å². The van der Waals surface area contributed by atoms with Crippen molar-refractivity contribution in [2.75, 3.05) is 0 Å². The summed E-state index contributed by atoms with van der Waals surface area (Å²) in [4.78, 5) is 0. The number of nitrogens with one attached hydrogen (secondary N) is 1. The van der Waals surface area contributed by atoms with Crippen LogP contribution in [0, 0.1) is 17.3 Å². The third kappa shape index (κ3) is 2.96. The number of hydrogen-bond donors (Lipinski definition) is 2. The first-order chi connectivity index (χ1) is 6.45. The van der Waals surface area contributed by atoms with E-state index in [0.29, 0.717) is 11.5 Å². The second-order valence-corrected chi connectivity index (χ2v) is 5.93. The Bertz CT molecular complexity index is 164. The summed E-state index contributed by atoms with van der Waals surface area (Å²) in [6.07, 6.45) is 5.43. The summed E-state index contributed by atoms with van der Waals surface area (Å²) >= 11 is 0. The molecular formula is C12H26N2. The maximum atomic E-state index is 5.47. The van der Waals surface area contributed by atoms with Gasteiger partial charge in [-0.05, 0) is 49.9 Å². The van der Waals surface area contributed by atoms with E-state index in [2.05, 4.69) is 33.1 Å². The summed E-state index contributed by atoms with van der Waals surface area (Å²) < 4.78 is 0. The lowest BCUT2D eigenvalue weighted by Crippen LogP contribution is -2.40. The Morgan fingerprint density at radius 1 is 1.14 bits per heavy atom. The maximum Gasteiger partial charge on any atom is 0.0210 e. The van der Waals surface area contributed by atoms with Crippen molar-refractivity contribution < 1.29 is 0 Å². The number of nitrogens with two attached hydrogens (primary N) is 1. The van der Waals surface area contributed by atoms with E-state index >= 15 is 0 Å². The first-order valence-corrected chi connectivity index (χ1v) is 5.91. The molecular weight excluding hydrogens is 172 g/mol. The molecule has 1 atom stereocenters. The maximum absolute atomic E-state index is 5.47. The van der Waals surface area contributed by atoms with Crippen molar-refractivity contribution in [3.8, 4) is 0 Å². The van der Waals surface area contributed by atoms with E-state index in [9.17, 15) is 0 Å². The lowest BCUT2D eigenvalue weighted by Gasteiger charge is -2.38. The van der Waals surface area contributed by atoms with Gasteiger partial charge in [0.2, 0.25) is 0 Å². The zero-order valence-corrected chi connectivity index (χ0v) is 10.1. The van der Waals surface area contributed by atoms with Crippen LogP contribution in [0.1, 0.15) is 53.4 Å². The van der Waals surface area contributed by atoms with E-state index in [-0.39, 0.29) is 0 Å². The van der Waals surface area contributed by atoms with Gasteiger partial charge in [-0.25, -0.2) is 0 Å². The summed E-state index contributed by atoms with van der Waals surface area (Å²) in [6, 6.07) is 0.482. The highest BCUT2D eigenvalue weighted by atomic mass is 15.2. The third-order valence-electron chi connectivity index (χ3n) is 3.97. The van der Waals surface area contributed by atoms with E-state index < -0.39 is 0 Å². The van der Waals surface area contributed by atoms with Crippen LogP contribution in [-0.4, -0.2) is 6.04 Å². The van der Waals surface area contributed by atoms with Gasteiger partial charge in [0.25, 0.3) is 0 Å². The van der Waals surface area contributed by atoms with Crippen LogP contribution in [-0.2, 0) is 0 Å². The van der Waals surface area contributed by atoms with Crippen molar-refractivity contribution in [2.45, 2.75) is 59.4 Å². The molecule has 14 heavy (non-hydrogen) atoms. The second kappa shape index (κ2) is 4.63. The Hall–Kier alpha value is -0.0800. The SMILES string of the molecule is CC(NN)C1CCC(C(C)(C)C)CC1. The van der Waals surface area contributed by atoms with Crippen LogP contribution in [0.3, 0.4) is 0 Å². The minimum Gasteiger partial charge on any atom is -0.271 e. The number of rotatable bonds is 2. The van der Waals surface area contributed by atoms with Crippen LogP contribution in [0.4, 0.5) is 0 Å². The van der Waals surface area contributed by atoms with Crippen LogP contribution < -0.4 is 11.3 Å². The van der Waals surface area contributed by atoms with E-state index in [1.54, 1.807) is 0 Å². The van der Waals surface area contributed by atoms with Gasteiger partial charge >= 0.3 is 0 Å². The molecule has 1 saturated carbocycles. The van der Waals surface area contributed by atoms with Gasteiger partial charge in [0.1, 0.15) is 0 Å². The average molecular weight is 198 g/mol. The molecule has 0 aromatic rings. The molecule has 0 amide bonds. The van der Waals surface area contributed by atoms with Gasteiger partial charge < -0.3 is 0 Å². The molecule has 1 fully saturated rings. The highest BCUT2D eigenvalue weighted by Crippen LogP contribution is 2.40. The molecule has 1 aliphatic rings. The number of hydrogen-bond acceptors (Lipinski definition) is 2. The second-order valence-electron chi connectivity index (χ2n) is 5.93. The molecule has 2 heteroatoms. The topological polar surface area (TPSA) is 38.0 Å². The van der Waals surface area contributed by atoms with Crippen LogP contribution in [0.25, 0.3) is 0 Å². The molecule has 0 radical (unpaired) electrons. The highest BCUT2D eigenvalue weighted by molar-refractivity contribution is 4.83. The van der Waals surface area contributed by atoms with Crippen LogP contribution in [0.5, 0.6) is 0 Å². The van der Waals surface area contributed by atoms with E-state index in [0.717, 1.165) is 11.8 Å². The van der Waals surface area contributed by atoms with E-state index in [4.69, 9.17) is 5.84 Å². The van der Waals surface area contributed by atoms with Crippen molar-refractivity contribution in [1.29, 1.82) is 0 Å². The minimum atomic E-state index is 0.482. The monoisotopic (exact) mass is 198 g/mol. The Morgan fingerprint density at radius 2 is 1.64 bits per heavy atom. The highest BCUT2D eigenvalue weighted by Gasteiger charge is 2.31. The van der Waals surface area contributed by atoms with Gasteiger partial charge in [0.15, 0.2) is 0 Å². The zero-order chi connectivity index (χ0) is 10.8. The summed E-state index contributed by atoms with van der Waals surface area (Å²) in [6.45, 7) is 9.29. The molecule has 3 N–H and O–H groups in total. The predicted octanol–water partition coefficient (Wildman–Crippen LogP) is 2.69. The molecule has 0 heterocycles. The fourth-order valence-corrected chi connectivity index (χ4v) is 2.62.